The van der Waals surface area contributed by atoms with E-state index in [0.717, 1.165) is 36.3 Å². The number of thioether (sulfide) groups is 1. The molecule has 5 heteroatoms. The number of aromatic nitrogens is 1. The molecule has 3 aromatic rings. The van der Waals surface area contributed by atoms with Gasteiger partial charge in [-0.05, 0) is 61.1 Å². The van der Waals surface area contributed by atoms with Crippen LogP contribution in [0.15, 0.2) is 71.8 Å². The molecule has 1 heterocycles. The monoisotopic (exact) mass is 413 g/mol. The molecule has 0 aliphatic heterocycles. The third kappa shape index (κ3) is 4.39. The van der Waals surface area contributed by atoms with Gasteiger partial charge in [-0.25, -0.2) is 4.98 Å². The molecular formula is C25H23N3OS. The van der Waals surface area contributed by atoms with Gasteiger partial charge in [0, 0.05) is 17.1 Å². The summed E-state index contributed by atoms with van der Waals surface area (Å²) in [7, 11) is 0. The van der Waals surface area contributed by atoms with Gasteiger partial charge in [-0.15, -0.1) is 0 Å². The van der Waals surface area contributed by atoms with Crippen LogP contribution in [0.5, 0.6) is 0 Å². The van der Waals surface area contributed by atoms with Crippen molar-refractivity contribution in [1.29, 1.82) is 5.26 Å². The fourth-order valence-electron chi connectivity index (χ4n) is 3.80. The van der Waals surface area contributed by atoms with Crippen LogP contribution >= 0.6 is 11.8 Å². The first-order valence-corrected chi connectivity index (χ1v) is 11.1. The molecule has 0 bridgehead atoms. The highest BCUT2D eigenvalue weighted by atomic mass is 32.2. The highest BCUT2D eigenvalue weighted by molar-refractivity contribution is 8.00. The van der Waals surface area contributed by atoms with Crippen LogP contribution in [0.1, 0.15) is 30.2 Å². The number of pyridine rings is 1. The molecule has 0 fully saturated rings. The average molecular weight is 414 g/mol. The summed E-state index contributed by atoms with van der Waals surface area (Å²) in [6.07, 6.45) is 3.02. The molecule has 0 spiro atoms. The van der Waals surface area contributed by atoms with Crippen LogP contribution < -0.4 is 4.90 Å². The molecule has 4 nitrogen and oxygen atoms in total. The SMILES string of the molecule is CC1CCc2nc(SCC(=O)N(c3ccccc3)c3ccccc3)c(C#N)cc2C1. The van der Waals surface area contributed by atoms with Gasteiger partial charge in [0.15, 0.2) is 0 Å². The van der Waals surface area contributed by atoms with E-state index in [1.54, 1.807) is 4.90 Å². The minimum atomic E-state index is -0.0468. The van der Waals surface area contributed by atoms with Gasteiger partial charge in [0.25, 0.3) is 0 Å². The number of rotatable bonds is 5. The highest BCUT2D eigenvalue weighted by Crippen LogP contribution is 2.31. The second kappa shape index (κ2) is 9.15. The number of para-hydroxylation sites is 2. The van der Waals surface area contributed by atoms with Gasteiger partial charge in [-0.1, -0.05) is 55.1 Å². The van der Waals surface area contributed by atoms with Gasteiger partial charge in [0.2, 0.25) is 5.91 Å². The van der Waals surface area contributed by atoms with Crippen molar-refractivity contribution in [3.05, 3.63) is 83.6 Å². The Morgan fingerprint density at radius 1 is 1.13 bits per heavy atom. The zero-order valence-corrected chi connectivity index (χ0v) is 17.7. The van der Waals surface area contributed by atoms with Crippen molar-refractivity contribution in [2.75, 3.05) is 10.7 Å². The van der Waals surface area contributed by atoms with Crippen molar-refractivity contribution >= 4 is 29.0 Å². The quantitative estimate of drug-likeness (QED) is 0.516. The van der Waals surface area contributed by atoms with Crippen molar-refractivity contribution in [3.8, 4) is 6.07 Å². The first-order valence-electron chi connectivity index (χ1n) is 10.1. The second-order valence-electron chi connectivity index (χ2n) is 7.60. The molecule has 2 aromatic carbocycles. The van der Waals surface area contributed by atoms with E-state index in [9.17, 15) is 10.1 Å². The molecule has 30 heavy (non-hydrogen) atoms. The van der Waals surface area contributed by atoms with Crippen molar-refractivity contribution in [1.82, 2.24) is 4.98 Å². The molecular weight excluding hydrogens is 390 g/mol. The number of hydrogen-bond donors (Lipinski definition) is 0. The van der Waals surface area contributed by atoms with E-state index >= 15 is 0 Å². The van der Waals surface area contributed by atoms with E-state index in [-0.39, 0.29) is 11.7 Å². The fraction of sp³-hybridized carbons (Fsp3) is 0.240. The van der Waals surface area contributed by atoms with E-state index in [2.05, 4.69) is 13.0 Å². The van der Waals surface area contributed by atoms with Crippen LogP contribution in [0.3, 0.4) is 0 Å². The van der Waals surface area contributed by atoms with Crippen LogP contribution in [0.2, 0.25) is 0 Å². The summed E-state index contributed by atoms with van der Waals surface area (Å²) >= 11 is 1.35. The molecule has 1 amide bonds. The predicted octanol–water partition coefficient (Wildman–Crippen LogP) is 5.54. The summed E-state index contributed by atoms with van der Waals surface area (Å²) in [5.74, 6) is 0.784. The maximum absolute atomic E-state index is 13.2. The minimum Gasteiger partial charge on any atom is -0.280 e. The minimum absolute atomic E-state index is 0.0468. The van der Waals surface area contributed by atoms with Gasteiger partial charge >= 0.3 is 0 Å². The van der Waals surface area contributed by atoms with Gasteiger partial charge in [0.05, 0.1) is 11.3 Å². The zero-order chi connectivity index (χ0) is 20.9. The Hall–Kier alpha value is -3.10. The molecule has 0 N–H and O–H groups in total. The largest absolute Gasteiger partial charge is 0.280 e. The van der Waals surface area contributed by atoms with E-state index < -0.39 is 0 Å². The van der Waals surface area contributed by atoms with Crippen molar-refractivity contribution < 1.29 is 4.79 Å². The Bertz CT molecular complexity index is 1040. The summed E-state index contributed by atoms with van der Waals surface area (Å²) < 4.78 is 0. The molecule has 150 valence electrons. The van der Waals surface area contributed by atoms with Gasteiger partial charge in [-0.2, -0.15) is 5.26 Å². The Morgan fingerprint density at radius 3 is 2.37 bits per heavy atom. The molecule has 1 aromatic heterocycles. The fourth-order valence-corrected chi connectivity index (χ4v) is 4.63. The molecule has 1 aliphatic rings. The number of nitrogens with zero attached hydrogens (tertiary/aromatic N) is 3. The maximum Gasteiger partial charge on any atom is 0.241 e. The zero-order valence-electron chi connectivity index (χ0n) is 16.9. The number of fused-ring (bicyclic) bond motifs is 1. The molecule has 1 aliphatic carbocycles. The standard InChI is InChI=1S/C25H23N3OS/c1-18-12-13-23-19(14-18)15-20(16-26)25(27-23)30-17-24(29)28(21-8-4-2-5-9-21)22-10-6-3-7-11-22/h2-11,15,18H,12-14,17H2,1H3. The molecule has 0 saturated heterocycles. The van der Waals surface area contributed by atoms with Crippen LogP contribution in [-0.4, -0.2) is 16.6 Å². The van der Waals surface area contributed by atoms with Gasteiger partial charge in [0.1, 0.15) is 11.1 Å². The third-order valence-corrected chi connectivity index (χ3v) is 6.31. The Labute approximate surface area is 181 Å². The second-order valence-corrected chi connectivity index (χ2v) is 8.56. The van der Waals surface area contributed by atoms with Gasteiger partial charge in [-0.3, -0.25) is 9.69 Å². The lowest BCUT2D eigenvalue weighted by atomic mass is 9.87. The number of carbonyl (C=O) groups excluding carboxylic acids is 1. The number of anilines is 2. The van der Waals surface area contributed by atoms with E-state index in [1.165, 1.54) is 17.3 Å². The van der Waals surface area contributed by atoms with Crippen LogP contribution in [-0.2, 0) is 17.6 Å². The third-order valence-electron chi connectivity index (χ3n) is 5.33. The van der Waals surface area contributed by atoms with Crippen molar-refractivity contribution in [3.63, 3.8) is 0 Å². The molecule has 4 rings (SSSR count). The topological polar surface area (TPSA) is 57.0 Å². The average Bonchev–Trinajstić information content (AvgIpc) is 2.78. The van der Waals surface area contributed by atoms with Crippen molar-refractivity contribution in [2.45, 2.75) is 31.2 Å². The highest BCUT2D eigenvalue weighted by Gasteiger charge is 2.22. The first kappa shape index (κ1) is 20.2. The van der Waals surface area contributed by atoms with Crippen LogP contribution in [0.25, 0.3) is 0 Å². The number of nitriles is 1. The first-order chi connectivity index (χ1) is 14.7. The molecule has 0 radical (unpaired) electrons. The summed E-state index contributed by atoms with van der Waals surface area (Å²) in [6.45, 7) is 2.23. The molecule has 1 atom stereocenters. The number of aryl methyl sites for hydroxylation is 1. The summed E-state index contributed by atoms with van der Waals surface area (Å²) in [5, 5.41) is 10.3. The van der Waals surface area contributed by atoms with Crippen LogP contribution in [0.4, 0.5) is 11.4 Å². The number of hydrogen-bond acceptors (Lipinski definition) is 4. The number of carbonyl (C=O) groups is 1. The summed E-state index contributed by atoms with van der Waals surface area (Å²) in [6, 6.07) is 23.5. The Kier molecular flexibility index (Phi) is 6.15. The molecule has 0 saturated carbocycles. The summed E-state index contributed by atoms with van der Waals surface area (Å²) in [4.78, 5) is 19.7. The van der Waals surface area contributed by atoms with E-state index in [4.69, 9.17) is 4.98 Å². The lowest BCUT2D eigenvalue weighted by molar-refractivity contribution is -0.115. The Morgan fingerprint density at radius 2 is 1.77 bits per heavy atom. The number of benzene rings is 2. The van der Waals surface area contributed by atoms with E-state index in [0.29, 0.717) is 16.5 Å². The Balaban J connectivity index is 1.58. The maximum atomic E-state index is 13.2. The summed E-state index contributed by atoms with van der Waals surface area (Å²) in [5.41, 5.74) is 4.46. The lowest BCUT2D eigenvalue weighted by Crippen LogP contribution is -2.27. The lowest BCUT2D eigenvalue weighted by Gasteiger charge is -2.23. The predicted molar refractivity (Wildman–Crippen MR) is 121 cm³/mol. The van der Waals surface area contributed by atoms with E-state index in [1.807, 2.05) is 66.7 Å². The van der Waals surface area contributed by atoms with Crippen LogP contribution in [0, 0.1) is 17.2 Å². The smallest absolute Gasteiger partial charge is 0.241 e. The molecule has 1 unspecified atom stereocenters. The number of amides is 1. The van der Waals surface area contributed by atoms with Crippen molar-refractivity contribution in [2.24, 2.45) is 5.92 Å². The normalized spacial score (nSPS) is 15.1. The van der Waals surface area contributed by atoms with Gasteiger partial charge < -0.3 is 0 Å².